The molecule has 1 aromatic heterocycles. The Bertz CT molecular complexity index is 269. The topological polar surface area (TPSA) is 51.0 Å². The minimum Gasteiger partial charge on any atom is -0.323 e. The van der Waals surface area contributed by atoms with Crippen LogP contribution in [0.5, 0.6) is 0 Å². The van der Waals surface area contributed by atoms with Crippen molar-refractivity contribution in [1.29, 1.82) is 0 Å². The number of hydrogen-bond acceptors (Lipinski definition) is 3. The molecule has 1 aliphatic heterocycles. The third-order valence-electron chi connectivity index (χ3n) is 1.95. The number of rotatable bonds is 2. The molecule has 2 heterocycles. The minimum absolute atomic E-state index is 0.213. The third kappa shape index (κ3) is 1.30. The fourth-order valence-corrected chi connectivity index (χ4v) is 1.33. The third-order valence-corrected chi connectivity index (χ3v) is 1.95. The van der Waals surface area contributed by atoms with E-state index in [9.17, 15) is 4.79 Å². The van der Waals surface area contributed by atoms with Crippen molar-refractivity contribution in [3.63, 3.8) is 0 Å². The maximum absolute atomic E-state index is 11.2. The first-order valence-corrected chi connectivity index (χ1v) is 3.96. The lowest BCUT2D eigenvalue weighted by Crippen LogP contribution is -2.27. The van der Waals surface area contributed by atoms with Gasteiger partial charge in [0.2, 0.25) is 5.91 Å². The first-order chi connectivity index (χ1) is 5.86. The van der Waals surface area contributed by atoms with Crippen molar-refractivity contribution >= 4 is 5.91 Å². The summed E-state index contributed by atoms with van der Waals surface area (Å²) in [6, 6.07) is 0. The van der Waals surface area contributed by atoms with E-state index >= 15 is 0 Å². The molecule has 0 N–H and O–H groups in total. The van der Waals surface area contributed by atoms with Gasteiger partial charge in [-0.2, -0.15) is 5.10 Å². The van der Waals surface area contributed by atoms with E-state index < -0.39 is 0 Å². The lowest BCUT2D eigenvalue weighted by molar-refractivity contribution is -0.129. The molecule has 0 aromatic carbocycles. The van der Waals surface area contributed by atoms with E-state index in [0.29, 0.717) is 13.1 Å². The van der Waals surface area contributed by atoms with Crippen LogP contribution >= 0.6 is 0 Å². The van der Waals surface area contributed by atoms with Gasteiger partial charge >= 0.3 is 0 Å². The van der Waals surface area contributed by atoms with Gasteiger partial charge in [-0.15, -0.1) is 0 Å². The van der Waals surface area contributed by atoms with Crippen molar-refractivity contribution in [3.8, 4) is 0 Å². The summed E-state index contributed by atoms with van der Waals surface area (Å²) in [6.07, 6.45) is 4.73. The summed E-state index contributed by atoms with van der Waals surface area (Å²) in [4.78, 5) is 16.8. The molecule has 0 radical (unpaired) electrons. The van der Waals surface area contributed by atoms with Crippen LogP contribution in [-0.2, 0) is 11.5 Å². The molecule has 0 aliphatic carbocycles. The van der Waals surface area contributed by atoms with Gasteiger partial charge in [0, 0.05) is 13.0 Å². The standard InChI is InChI=1S/C7H10N4O/c12-7-2-1-3-10(7)6-11-5-8-4-9-11/h4-5H,1-3,6H2. The number of amides is 1. The summed E-state index contributed by atoms with van der Waals surface area (Å²) in [5, 5.41) is 3.93. The van der Waals surface area contributed by atoms with Gasteiger partial charge in [0.05, 0.1) is 0 Å². The largest absolute Gasteiger partial charge is 0.323 e. The van der Waals surface area contributed by atoms with Gasteiger partial charge in [-0.05, 0) is 6.42 Å². The highest BCUT2D eigenvalue weighted by Gasteiger charge is 2.19. The van der Waals surface area contributed by atoms with Gasteiger partial charge in [0.1, 0.15) is 19.3 Å². The Kier molecular flexibility index (Phi) is 1.77. The monoisotopic (exact) mass is 166 g/mol. The van der Waals surface area contributed by atoms with Crippen LogP contribution in [0.4, 0.5) is 0 Å². The van der Waals surface area contributed by atoms with Crippen LogP contribution in [0.15, 0.2) is 12.7 Å². The molecule has 2 rings (SSSR count). The van der Waals surface area contributed by atoms with Crippen LogP contribution in [0.2, 0.25) is 0 Å². The summed E-state index contributed by atoms with van der Waals surface area (Å²) in [6.45, 7) is 1.39. The fraction of sp³-hybridized carbons (Fsp3) is 0.571. The number of aromatic nitrogens is 3. The molecule has 0 bridgehead atoms. The van der Waals surface area contributed by atoms with Crippen LogP contribution in [0.1, 0.15) is 12.8 Å². The molecule has 0 unspecified atom stereocenters. The van der Waals surface area contributed by atoms with Crippen LogP contribution in [0, 0.1) is 0 Å². The lowest BCUT2D eigenvalue weighted by atomic mass is 10.4. The Labute approximate surface area is 70.0 Å². The van der Waals surface area contributed by atoms with Gasteiger partial charge in [-0.3, -0.25) is 4.79 Å². The highest BCUT2D eigenvalue weighted by atomic mass is 16.2. The molecular weight excluding hydrogens is 156 g/mol. The smallest absolute Gasteiger partial charge is 0.224 e. The molecule has 1 fully saturated rings. The molecule has 64 valence electrons. The van der Waals surface area contributed by atoms with E-state index in [-0.39, 0.29) is 5.91 Å². The Morgan fingerprint density at radius 3 is 3.08 bits per heavy atom. The zero-order chi connectivity index (χ0) is 8.39. The van der Waals surface area contributed by atoms with Crippen LogP contribution in [0.3, 0.4) is 0 Å². The number of likely N-dealkylation sites (tertiary alicyclic amines) is 1. The molecule has 1 aliphatic rings. The summed E-state index contributed by atoms with van der Waals surface area (Å²) >= 11 is 0. The van der Waals surface area contributed by atoms with E-state index in [1.807, 2.05) is 0 Å². The maximum Gasteiger partial charge on any atom is 0.224 e. The molecule has 1 aromatic rings. The minimum atomic E-state index is 0.213. The summed E-state index contributed by atoms with van der Waals surface area (Å²) in [5.41, 5.74) is 0. The number of hydrogen-bond donors (Lipinski definition) is 0. The van der Waals surface area contributed by atoms with E-state index in [4.69, 9.17) is 0 Å². The molecular formula is C7H10N4O. The van der Waals surface area contributed by atoms with Gasteiger partial charge in [0.15, 0.2) is 0 Å². The predicted octanol–water partition coefficient (Wildman–Crippen LogP) is -0.142. The Hall–Kier alpha value is -1.39. The molecule has 1 saturated heterocycles. The molecule has 12 heavy (non-hydrogen) atoms. The second kappa shape index (κ2) is 2.92. The molecule has 0 atom stereocenters. The van der Waals surface area contributed by atoms with Crippen molar-refractivity contribution < 1.29 is 4.79 Å². The molecule has 5 heteroatoms. The highest BCUT2D eigenvalue weighted by molar-refractivity contribution is 5.77. The Morgan fingerprint density at radius 2 is 2.50 bits per heavy atom. The highest BCUT2D eigenvalue weighted by Crippen LogP contribution is 2.09. The van der Waals surface area contributed by atoms with Crippen molar-refractivity contribution in [2.45, 2.75) is 19.5 Å². The Balaban J connectivity index is 1.99. The summed E-state index contributed by atoms with van der Waals surface area (Å²) < 4.78 is 1.66. The van der Waals surface area contributed by atoms with Gasteiger partial charge < -0.3 is 4.90 Å². The van der Waals surface area contributed by atoms with Gasteiger partial charge in [-0.25, -0.2) is 9.67 Å². The van der Waals surface area contributed by atoms with Crippen LogP contribution in [0.25, 0.3) is 0 Å². The van der Waals surface area contributed by atoms with Crippen molar-refractivity contribution in [1.82, 2.24) is 19.7 Å². The average Bonchev–Trinajstić information content (AvgIpc) is 2.65. The Morgan fingerprint density at radius 1 is 1.58 bits per heavy atom. The number of carbonyl (C=O) groups excluding carboxylic acids is 1. The summed E-state index contributed by atoms with van der Waals surface area (Å²) in [7, 11) is 0. The lowest BCUT2D eigenvalue weighted by Gasteiger charge is -2.14. The van der Waals surface area contributed by atoms with Crippen molar-refractivity contribution in [3.05, 3.63) is 12.7 Å². The molecule has 5 nitrogen and oxygen atoms in total. The molecule has 1 amide bonds. The second-order valence-electron chi connectivity index (χ2n) is 2.84. The zero-order valence-electron chi connectivity index (χ0n) is 6.68. The van der Waals surface area contributed by atoms with Crippen molar-refractivity contribution in [2.24, 2.45) is 0 Å². The second-order valence-corrected chi connectivity index (χ2v) is 2.84. The quantitative estimate of drug-likeness (QED) is 0.614. The van der Waals surface area contributed by atoms with E-state index in [0.717, 1.165) is 13.0 Å². The fourth-order valence-electron chi connectivity index (χ4n) is 1.33. The van der Waals surface area contributed by atoms with Crippen LogP contribution < -0.4 is 0 Å². The maximum atomic E-state index is 11.2. The van der Waals surface area contributed by atoms with E-state index in [1.54, 1.807) is 15.9 Å². The van der Waals surface area contributed by atoms with E-state index in [1.165, 1.54) is 6.33 Å². The SMILES string of the molecule is O=C1CCCN1Cn1cncn1. The molecule has 0 saturated carbocycles. The molecule has 0 spiro atoms. The van der Waals surface area contributed by atoms with Gasteiger partial charge in [0.25, 0.3) is 0 Å². The zero-order valence-corrected chi connectivity index (χ0v) is 6.68. The first kappa shape index (κ1) is 7.27. The first-order valence-electron chi connectivity index (χ1n) is 3.96. The predicted molar refractivity (Wildman–Crippen MR) is 41.0 cm³/mol. The average molecular weight is 166 g/mol. The normalized spacial score (nSPS) is 17.3. The number of carbonyl (C=O) groups is 1. The summed E-state index contributed by atoms with van der Waals surface area (Å²) in [5.74, 6) is 0.213. The van der Waals surface area contributed by atoms with E-state index in [2.05, 4.69) is 10.1 Å². The van der Waals surface area contributed by atoms with Crippen LogP contribution in [-0.4, -0.2) is 32.1 Å². The number of nitrogens with zero attached hydrogens (tertiary/aromatic N) is 4. The van der Waals surface area contributed by atoms with Gasteiger partial charge in [-0.1, -0.05) is 0 Å². The van der Waals surface area contributed by atoms with Crippen molar-refractivity contribution in [2.75, 3.05) is 6.54 Å².